The summed E-state index contributed by atoms with van der Waals surface area (Å²) in [6.07, 6.45) is 3.45. The van der Waals surface area contributed by atoms with Crippen LogP contribution in [-0.4, -0.2) is 59.6 Å². The minimum atomic E-state index is 0.0646. The third-order valence-corrected chi connectivity index (χ3v) is 4.65. The maximum atomic E-state index is 11.7. The summed E-state index contributed by atoms with van der Waals surface area (Å²) in [6, 6.07) is 0. The highest BCUT2D eigenvalue weighted by molar-refractivity contribution is 5.81. The molecule has 1 aromatic rings. The molecule has 2 N–H and O–H groups in total. The molecule has 2 aliphatic heterocycles. The quantitative estimate of drug-likeness (QED) is 0.614. The molecule has 0 bridgehead atoms. The maximum absolute atomic E-state index is 11.7. The number of carbonyl (C=O) groups is 1. The van der Waals surface area contributed by atoms with E-state index >= 15 is 0 Å². The average Bonchev–Trinajstić information content (AvgIpc) is 3.13. The predicted octanol–water partition coefficient (Wildman–Crippen LogP) is 0.488. The molecular weight excluding hydrogens is 308 g/mol. The Hall–Kier alpha value is -2.12. The Morgan fingerprint density at radius 3 is 3.08 bits per heavy atom. The van der Waals surface area contributed by atoms with Crippen LogP contribution in [-0.2, 0) is 11.2 Å². The molecule has 3 rings (SSSR count). The van der Waals surface area contributed by atoms with Crippen molar-refractivity contribution in [2.45, 2.75) is 39.5 Å². The van der Waals surface area contributed by atoms with E-state index in [1.54, 1.807) is 0 Å². The molecule has 1 spiro atoms. The van der Waals surface area contributed by atoms with Crippen LogP contribution in [0, 0.1) is 12.3 Å². The van der Waals surface area contributed by atoms with E-state index in [1.807, 2.05) is 6.92 Å². The Labute approximate surface area is 142 Å². The fourth-order valence-electron chi connectivity index (χ4n) is 3.55. The topological polar surface area (TPSA) is 95.7 Å². The molecule has 0 saturated carbocycles. The van der Waals surface area contributed by atoms with Crippen molar-refractivity contribution in [3.63, 3.8) is 0 Å². The zero-order chi connectivity index (χ0) is 17.0. The molecule has 8 heteroatoms. The summed E-state index contributed by atoms with van der Waals surface area (Å²) in [5, 5.41) is 10.1. The highest BCUT2D eigenvalue weighted by Crippen LogP contribution is 2.35. The zero-order valence-corrected chi connectivity index (χ0v) is 14.5. The molecule has 0 radical (unpaired) electrons. The maximum Gasteiger partial charge on any atom is 0.228 e. The van der Waals surface area contributed by atoms with Crippen LogP contribution in [0.2, 0.25) is 0 Å². The predicted molar refractivity (Wildman–Crippen MR) is 89.6 cm³/mol. The lowest BCUT2D eigenvalue weighted by molar-refractivity contribution is -0.119. The van der Waals surface area contributed by atoms with Gasteiger partial charge in [0.15, 0.2) is 11.8 Å². The molecule has 1 unspecified atom stereocenters. The first-order chi connectivity index (χ1) is 11.6. The minimum Gasteiger partial charge on any atom is -0.357 e. The van der Waals surface area contributed by atoms with Crippen molar-refractivity contribution >= 4 is 11.9 Å². The Morgan fingerprint density at radius 1 is 1.54 bits per heavy atom. The van der Waals surface area contributed by atoms with Crippen molar-refractivity contribution in [2.24, 2.45) is 10.4 Å². The van der Waals surface area contributed by atoms with Gasteiger partial charge in [-0.15, -0.1) is 0 Å². The number of nitrogens with one attached hydrogen (secondary N) is 2. The van der Waals surface area contributed by atoms with Gasteiger partial charge in [-0.3, -0.25) is 9.79 Å². The number of guanidine groups is 1. The number of carbonyl (C=O) groups excluding carboxylic acids is 1. The third-order valence-electron chi connectivity index (χ3n) is 4.65. The first-order valence-corrected chi connectivity index (χ1v) is 8.69. The van der Waals surface area contributed by atoms with Crippen LogP contribution in [0.5, 0.6) is 0 Å². The van der Waals surface area contributed by atoms with Crippen LogP contribution < -0.4 is 10.6 Å². The lowest BCUT2D eigenvalue weighted by Gasteiger charge is -2.40. The normalized spacial score (nSPS) is 24.5. The first kappa shape index (κ1) is 16.7. The number of likely N-dealkylation sites (tertiary alicyclic amines) is 1. The molecule has 2 saturated heterocycles. The molecule has 1 atom stereocenters. The van der Waals surface area contributed by atoms with Gasteiger partial charge in [0.2, 0.25) is 11.8 Å². The summed E-state index contributed by atoms with van der Waals surface area (Å²) in [4.78, 5) is 22.9. The molecule has 0 aromatic carbocycles. The van der Waals surface area contributed by atoms with Crippen LogP contribution in [0.15, 0.2) is 9.52 Å². The van der Waals surface area contributed by atoms with Crippen LogP contribution in [0.1, 0.15) is 37.9 Å². The van der Waals surface area contributed by atoms with E-state index in [1.165, 1.54) is 0 Å². The molecule has 0 aliphatic carbocycles. The highest BCUT2D eigenvalue weighted by atomic mass is 16.5. The molecule has 3 heterocycles. The number of hydrogen-bond acceptors (Lipinski definition) is 5. The van der Waals surface area contributed by atoms with Gasteiger partial charge in [0.25, 0.3) is 0 Å². The van der Waals surface area contributed by atoms with Gasteiger partial charge in [-0.2, -0.15) is 4.98 Å². The van der Waals surface area contributed by atoms with Crippen LogP contribution in [0.3, 0.4) is 0 Å². The second-order valence-corrected chi connectivity index (χ2v) is 6.70. The summed E-state index contributed by atoms with van der Waals surface area (Å²) >= 11 is 0. The SMILES string of the molecule is CCNC(=NCCc1nc(C)no1)N1CCCC2(CNC(=O)C2)C1. The van der Waals surface area contributed by atoms with E-state index < -0.39 is 0 Å². The molecule has 132 valence electrons. The lowest BCUT2D eigenvalue weighted by atomic mass is 9.79. The second-order valence-electron chi connectivity index (χ2n) is 6.70. The number of aryl methyl sites for hydroxylation is 1. The summed E-state index contributed by atoms with van der Waals surface area (Å²) in [7, 11) is 0. The number of piperidine rings is 1. The van der Waals surface area contributed by atoms with E-state index in [9.17, 15) is 4.79 Å². The van der Waals surface area contributed by atoms with Crippen LogP contribution in [0.4, 0.5) is 0 Å². The fraction of sp³-hybridized carbons (Fsp3) is 0.750. The molecule has 1 amide bonds. The Morgan fingerprint density at radius 2 is 2.42 bits per heavy atom. The lowest BCUT2D eigenvalue weighted by Crippen LogP contribution is -2.51. The fourth-order valence-corrected chi connectivity index (χ4v) is 3.55. The van der Waals surface area contributed by atoms with Gasteiger partial charge in [-0.25, -0.2) is 0 Å². The summed E-state index contributed by atoms with van der Waals surface area (Å²) in [5.74, 6) is 2.35. The zero-order valence-electron chi connectivity index (χ0n) is 14.5. The molecule has 2 aliphatic rings. The Kier molecular flexibility index (Phi) is 5.01. The number of hydrogen-bond donors (Lipinski definition) is 2. The van der Waals surface area contributed by atoms with E-state index in [-0.39, 0.29) is 11.3 Å². The standard InChI is InChI=1S/C16H26N6O2/c1-3-17-15(18-7-5-14-20-12(2)21-24-14)22-8-4-6-16(11-22)9-13(23)19-10-16/h3-11H2,1-2H3,(H,17,18)(H,19,23). The first-order valence-electron chi connectivity index (χ1n) is 8.69. The number of nitrogens with zero attached hydrogens (tertiary/aromatic N) is 4. The summed E-state index contributed by atoms with van der Waals surface area (Å²) < 4.78 is 5.13. The van der Waals surface area contributed by atoms with Gasteiger partial charge < -0.3 is 20.1 Å². The molecule has 2 fully saturated rings. The largest absolute Gasteiger partial charge is 0.357 e. The van der Waals surface area contributed by atoms with Crippen molar-refractivity contribution in [2.75, 3.05) is 32.7 Å². The Bertz CT molecular complexity index is 613. The van der Waals surface area contributed by atoms with Gasteiger partial charge in [-0.05, 0) is 26.7 Å². The van der Waals surface area contributed by atoms with E-state index in [2.05, 4.69) is 32.6 Å². The van der Waals surface area contributed by atoms with Crippen molar-refractivity contribution in [3.05, 3.63) is 11.7 Å². The van der Waals surface area contributed by atoms with E-state index in [0.717, 1.165) is 45.0 Å². The number of amides is 1. The van der Waals surface area contributed by atoms with Crippen LogP contribution >= 0.6 is 0 Å². The smallest absolute Gasteiger partial charge is 0.228 e. The van der Waals surface area contributed by atoms with Crippen molar-refractivity contribution < 1.29 is 9.32 Å². The van der Waals surface area contributed by atoms with Crippen molar-refractivity contribution in [3.8, 4) is 0 Å². The van der Waals surface area contributed by atoms with E-state index in [0.29, 0.717) is 31.1 Å². The third kappa shape index (κ3) is 3.85. The average molecular weight is 334 g/mol. The van der Waals surface area contributed by atoms with Gasteiger partial charge >= 0.3 is 0 Å². The highest BCUT2D eigenvalue weighted by Gasteiger charge is 2.42. The number of aromatic nitrogens is 2. The molecular formula is C16H26N6O2. The van der Waals surface area contributed by atoms with Gasteiger partial charge in [0.05, 0.1) is 6.54 Å². The molecule has 1 aromatic heterocycles. The molecule has 24 heavy (non-hydrogen) atoms. The minimum absolute atomic E-state index is 0.0646. The summed E-state index contributed by atoms with van der Waals surface area (Å²) in [6.45, 7) is 7.92. The van der Waals surface area contributed by atoms with Gasteiger partial charge in [0.1, 0.15) is 0 Å². The number of aliphatic imine (C=N–C) groups is 1. The van der Waals surface area contributed by atoms with Gasteiger partial charge in [0, 0.05) is 44.4 Å². The number of rotatable bonds is 4. The summed E-state index contributed by atoms with van der Waals surface area (Å²) in [5.41, 5.74) is 0.0646. The van der Waals surface area contributed by atoms with Crippen molar-refractivity contribution in [1.82, 2.24) is 25.7 Å². The molecule has 8 nitrogen and oxygen atoms in total. The van der Waals surface area contributed by atoms with Gasteiger partial charge in [-0.1, -0.05) is 5.16 Å². The van der Waals surface area contributed by atoms with Crippen molar-refractivity contribution in [1.29, 1.82) is 0 Å². The Balaban J connectivity index is 1.63. The van der Waals surface area contributed by atoms with E-state index in [4.69, 9.17) is 9.52 Å². The van der Waals surface area contributed by atoms with Crippen LogP contribution in [0.25, 0.3) is 0 Å². The second kappa shape index (κ2) is 7.19. The monoisotopic (exact) mass is 334 g/mol.